The summed E-state index contributed by atoms with van der Waals surface area (Å²) in [7, 11) is -3.55. The molecule has 19 heavy (non-hydrogen) atoms. The van der Waals surface area contributed by atoms with Gasteiger partial charge < -0.3 is 4.74 Å². The molecule has 1 fully saturated rings. The number of carbonyl (C=O) groups excluding carboxylic acids is 1. The second-order valence-corrected chi connectivity index (χ2v) is 5.95. The van der Waals surface area contributed by atoms with Crippen molar-refractivity contribution in [2.75, 3.05) is 13.2 Å². The van der Waals surface area contributed by atoms with Crippen molar-refractivity contribution in [3.05, 3.63) is 24.3 Å². The normalized spacial score (nSPS) is 19.1. The van der Waals surface area contributed by atoms with Crippen LogP contribution in [0.15, 0.2) is 34.2 Å². The molecule has 0 spiro atoms. The molecule has 1 aliphatic heterocycles. The summed E-state index contributed by atoms with van der Waals surface area (Å²) in [5.74, 6) is 0. The predicted molar refractivity (Wildman–Crippen MR) is 68.4 cm³/mol. The van der Waals surface area contributed by atoms with Gasteiger partial charge in [-0.25, -0.2) is 17.9 Å². The van der Waals surface area contributed by atoms with Crippen LogP contribution in [0.25, 0.3) is 0 Å². The van der Waals surface area contributed by atoms with Gasteiger partial charge in [-0.1, -0.05) is 0 Å². The van der Waals surface area contributed by atoms with Crippen LogP contribution in [0.3, 0.4) is 0 Å². The Bertz CT molecular complexity index is 570. The number of benzene rings is 1. The number of hydrogen-bond donors (Lipinski definition) is 1. The summed E-state index contributed by atoms with van der Waals surface area (Å²) in [4.78, 5) is 13.6. The second kappa shape index (κ2) is 6.08. The number of rotatable bonds is 5. The molecule has 1 heterocycles. The lowest BCUT2D eigenvalue weighted by Crippen LogP contribution is -2.31. The zero-order chi connectivity index (χ0) is 13.7. The molecule has 1 aromatic carbocycles. The summed E-state index contributed by atoms with van der Waals surface area (Å²) < 4.78 is 31.8. The van der Waals surface area contributed by atoms with E-state index in [-0.39, 0.29) is 17.5 Å². The Hall–Kier alpha value is -1.53. The first-order valence-electron chi connectivity index (χ1n) is 5.91. The van der Waals surface area contributed by atoms with Gasteiger partial charge >= 0.3 is 0 Å². The molecule has 1 unspecified atom stereocenters. The third kappa shape index (κ3) is 3.71. The number of isocyanates is 1. The lowest BCUT2D eigenvalue weighted by molar-refractivity contribution is 0.114. The van der Waals surface area contributed by atoms with Gasteiger partial charge in [0.2, 0.25) is 16.1 Å². The Balaban J connectivity index is 2.03. The molecule has 1 aliphatic rings. The number of nitrogens with zero attached hydrogens (tertiary/aromatic N) is 1. The topological polar surface area (TPSA) is 84.8 Å². The van der Waals surface area contributed by atoms with Gasteiger partial charge in [0.1, 0.15) is 0 Å². The summed E-state index contributed by atoms with van der Waals surface area (Å²) in [5.41, 5.74) is 0.369. The van der Waals surface area contributed by atoms with Crippen molar-refractivity contribution in [1.82, 2.24) is 4.72 Å². The van der Waals surface area contributed by atoms with Crippen molar-refractivity contribution in [1.29, 1.82) is 0 Å². The van der Waals surface area contributed by atoms with Crippen LogP contribution in [0.2, 0.25) is 0 Å². The molecule has 0 aliphatic carbocycles. The second-order valence-electron chi connectivity index (χ2n) is 4.18. The zero-order valence-corrected chi connectivity index (χ0v) is 11.0. The minimum absolute atomic E-state index is 0.0475. The van der Waals surface area contributed by atoms with Gasteiger partial charge in [-0.15, -0.1) is 0 Å². The van der Waals surface area contributed by atoms with Crippen molar-refractivity contribution in [3.8, 4) is 0 Å². The van der Waals surface area contributed by atoms with Crippen molar-refractivity contribution >= 4 is 21.8 Å². The maximum absolute atomic E-state index is 12.0. The average Bonchev–Trinajstić information content (AvgIpc) is 2.91. The van der Waals surface area contributed by atoms with Gasteiger partial charge in [0, 0.05) is 13.2 Å². The lowest BCUT2D eigenvalue weighted by Gasteiger charge is -2.11. The van der Waals surface area contributed by atoms with E-state index >= 15 is 0 Å². The van der Waals surface area contributed by atoms with E-state index in [9.17, 15) is 13.2 Å². The summed E-state index contributed by atoms with van der Waals surface area (Å²) in [5, 5.41) is 0. The SMILES string of the molecule is O=C=Nc1ccc(S(=O)(=O)NCC2CCCO2)cc1. The molecule has 0 aromatic heterocycles. The van der Waals surface area contributed by atoms with E-state index in [0.29, 0.717) is 12.3 Å². The fourth-order valence-electron chi connectivity index (χ4n) is 1.84. The molecule has 7 heteroatoms. The van der Waals surface area contributed by atoms with Gasteiger partial charge in [-0.3, -0.25) is 0 Å². The number of sulfonamides is 1. The fourth-order valence-corrected chi connectivity index (χ4v) is 2.91. The Kier molecular flexibility index (Phi) is 4.44. The van der Waals surface area contributed by atoms with Crippen molar-refractivity contribution in [3.63, 3.8) is 0 Å². The summed E-state index contributed by atoms with van der Waals surface area (Å²) in [6.45, 7) is 0.960. The molecule has 1 atom stereocenters. The largest absolute Gasteiger partial charge is 0.377 e. The van der Waals surface area contributed by atoms with Gasteiger partial charge in [0.05, 0.1) is 16.7 Å². The first kappa shape index (κ1) is 13.9. The van der Waals surface area contributed by atoms with Crippen molar-refractivity contribution < 1.29 is 17.9 Å². The number of ether oxygens (including phenoxy) is 1. The maximum Gasteiger partial charge on any atom is 0.240 e. The maximum atomic E-state index is 12.0. The van der Waals surface area contributed by atoms with Crippen molar-refractivity contribution in [2.24, 2.45) is 4.99 Å². The van der Waals surface area contributed by atoms with Gasteiger partial charge in [-0.2, -0.15) is 4.99 Å². The van der Waals surface area contributed by atoms with Crippen LogP contribution in [0.1, 0.15) is 12.8 Å². The van der Waals surface area contributed by atoms with Crippen LogP contribution in [0.5, 0.6) is 0 Å². The molecular formula is C12H14N2O4S. The van der Waals surface area contributed by atoms with E-state index < -0.39 is 10.0 Å². The highest BCUT2D eigenvalue weighted by molar-refractivity contribution is 7.89. The molecular weight excluding hydrogens is 268 g/mol. The highest BCUT2D eigenvalue weighted by atomic mass is 32.2. The third-order valence-electron chi connectivity index (χ3n) is 2.85. The molecule has 1 aromatic rings. The minimum Gasteiger partial charge on any atom is -0.377 e. The Morgan fingerprint density at radius 2 is 2.11 bits per heavy atom. The van der Waals surface area contributed by atoms with Gasteiger partial charge in [-0.05, 0) is 37.1 Å². The van der Waals surface area contributed by atoms with E-state index in [4.69, 9.17) is 4.74 Å². The monoisotopic (exact) mass is 282 g/mol. The third-order valence-corrected chi connectivity index (χ3v) is 4.29. The number of hydrogen-bond acceptors (Lipinski definition) is 5. The first-order chi connectivity index (χ1) is 9.12. The Morgan fingerprint density at radius 3 is 2.68 bits per heavy atom. The Labute approximate surface area is 111 Å². The quantitative estimate of drug-likeness (QED) is 0.647. The molecule has 0 bridgehead atoms. The molecule has 0 radical (unpaired) electrons. The first-order valence-corrected chi connectivity index (χ1v) is 7.39. The molecule has 0 saturated carbocycles. The minimum atomic E-state index is -3.55. The van der Waals surface area contributed by atoms with E-state index in [1.807, 2.05) is 0 Å². The standard InChI is InChI=1S/C12H14N2O4S/c15-9-13-10-3-5-12(6-4-10)19(16,17)14-8-11-2-1-7-18-11/h3-6,11,14H,1-2,7-8H2. The molecule has 0 amide bonds. The van der Waals surface area contributed by atoms with Crippen LogP contribution in [0.4, 0.5) is 5.69 Å². The predicted octanol–water partition coefficient (Wildman–Crippen LogP) is 1.11. The molecule has 1 saturated heterocycles. The Morgan fingerprint density at radius 1 is 1.37 bits per heavy atom. The molecule has 2 rings (SSSR count). The smallest absolute Gasteiger partial charge is 0.240 e. The summed E-state index contributed by atoms with van der Waals surface area (Å²) >= 11 is 0. The number of aliphatic imine (C=N–C) groups is 1. The molecule has 6 nitrogen and oxygen atoms in total. The highest BCUT2D eigenvalue weighted by Gasteiger charge is 2.20. The van der Waals surface area contributed by atoms with E-state index in [1.165, 1.54) is 30.3 Å². The summed E-state index contributed by atoms with van der Waals surface area (Å²) in [6, 6.07) is 5.69. The fraction of sp³-hybridized carbons (Fsp3) is 0.417. The van der Waals surface area contributed by atoms with Crippen LogP contribution in [-0.2, 0) is 19.6 Å². The van der Waals surface area contributed by atoms with Crippen LogP contribution >= 0.6 is 0 Å². The molecule has 1 N–H and O–H groups in total. The van der Waals surface area contributed by atoms with Gasteiger partial charge in [0.15, 0.2) is 0 Å². The number of nitrogens with one attached hydrogen (secondary N) is 1. The summed E-state index contributed by atoms with van der Waals surface area (Å²) in [6.07, 6.45) is 3.18. The zero-order valence-electron chi connectivity index (χ0n) is 10.2. The highest BCUT2D eigenvalue weighted by Crippen LogP contribution is 2.16. The molecule has 102 valence electrons. The van der Waals surface area contributed by atoms with Crippen molar-refractivity contribution in [2.45, 2.75) is 23.8 Å². The van der Waals surface area contributed by atoms with Crippen LogP contribution < -0.4 is 4.72 Å². The average molecular weight is 282 g/mol. The van der Waals surface area contributed by atoms with Gasteiger partial charge in [0.25, 0.3) is 0 Å². The van der Waals surface area contributed by atoms with Crippen LogP contribution in [-0.4, -0.2) is 33.8 Å². The van der Waals surface area contributed by atoms with E-state index in [2.05, 4.69) is 9.71 Å². The van der Waals surface area contributed by atoms with E-state index in [0.717, 1.165) is 12.8 Å². The van der Waals surface area contributed by atoms with E-state index in [1.54, 1.807) is 0 Å². The lowest BCUT2D eigenvalue weighted by atomic mass is 10.2. The van der Waals surface area contributed by atoms with Crippen LogP contribution in [0, 0.1) is 0 Å².